The summed E-state index contributed by atoms with van der Waals surface area (Å²) in [6, 6.07) is 11.3. The van der Waals surface area contributed by atoms with Crippen molar-refractivity contribution in [3.63, 3.8) is 0 Å². The number of amides is 1. The molecule has 1 amide bonds. The number of anilines is 1. The summed E-state index contributed by atoms with van der Waals surface area (Å²) < 4.78 is 3.39. The van der Waals surface area contributed by atoms with Crippen LogP contribution in [-0.4, -0.2) is 15.0 Å². The minimum absolute atomic E-state index is 0.0716. The maximum Gasteiger partial charge on any atom is 0.272 e. The van der Waals surface area contributed by atoms with E-state index in [0.29, 0.717) is 17.6 Å². The zero-order valence-electron chi connectivity index (χ0n) is 14.2. The second-order valence-electron chi connectivity index (χ2n) is 5.80. The molecule has 0 aliphatic carbocycles. The van der Waals surface area contributed by atoms with Gasteiger partial charge in [0.15, 0.2) is 0 Å². The van der Waals surface area contributed by atoms with Crippen molar-refractivity contribution in [2.45, 2.75) is 26.8 Å². The predicted molar refractivity (Wildman–Crippen MR) is 96.6 cm³/mol. The third-order valence-electron chi connectivity index (χ3n) is 4.35. The van der Waals surface area contributed by atoms with Crippen molar-refractivity contribution < 1.29 is 4.79 Å². The monoisotopic (exact) mass is 323 g/mol. The van der Waals surface area contributed by atoms with E-state index in [1.807, 2.05) is 37.3 Å². The summed E-state index contributed by atoms with van der Waals surface area (Å²) in [5.41, 5.74) is 3.08. The number of aryl methyl sites for hydroxylation is 3. The van der Waals surface area contributed by atoms with Gasteiger partial charge in [0.25, 0.3) is 11.5 Å². The number of benzene rings is 1. The Balaban J connectivity index is 1.99. The number of carbonyl (C=O) groups excluding carboxylic acids is 1. The number of fused-ring (bicyclic) bond motifs is 1. The van der Waals surface area contributed by atoms with Crippen molar-refractivity contribution in [2.24, 2.45) is 7.05 Å². The molecule has 5 nitrogen and oxygen atoms in total. The lowest BCUT2D eigenvalue weighted by Gasteiger charge is -2.08. The summed E-state index contributed by atoms with van der Waals surface area (Å²) in [4.78, 5) is 25.0. The summed E-state index contributed by atoms with van der Waals surface area (Å²) in [6.07, 6.45) is 2.67. The Hall–Kier alpha value is -2.82. The van der Waals surface area contributed by atoms with Gasteiger partial charge in [-0.3, -0.25) is 9.59 Å². The molecule has 5 heteroatoms. The Morgan fingerprint density at radius 1 is 1.17 bits per heavy atom. The van der Waals surface area contributed by atoms with Gasteiger partial charge in [0.2, 0.25) is 0 Å². The number of carbonyl (C=O) groups is 1. The van der Waals surface area contributed by atoms with Gasteiger partial charge in [0, 0.05) is 25.5 Å². The quantitative estimate of drug-likeness (QED) is 0.802. The van der Waals surface area contributed by atoms with E-state index in [1.54, 1.807) is 28.4 Å². The molecule has 1 aromatic carbocycles. The van der Waals surface area contributed by atoms with Gasteiger partial charge in [-0.15, -0.1) is 0 Å². The summed E-state index contributed by atoms with van der Waals surface area (Å²) in [5.74, 6) is -0.218. The van der Waals surface area contributed by atoms with Crippen LogP contribution in [0.25, 0.3) is 10.9 Å². The molecular formula is C19H21N3O2. The molecule has 0 bridgehead atoms. The third kappa shape index (κ3) is 2.73. The van der Waals surface area contributed by atoms with Crippen molar-refractivity contribution >= 4 is 22.5 Å². The second-order valence-corrected chi connectivity index (χ2v) is 5.80. The highest BCUT2D eigenvalue weighted by Gasteiger charge is 2.16. The first kappa shape index (κ1) is 16.1. The number of nitrogens with zero attached hydrogens (tertiary/aromatic N) is 2. The van der Waals surface area contributed by atoms with Crippen LogP contribution >= 0.6 is 0 Å². The third-order valence-corrected chi connectivity index (χ3v) is 4.35. The molecule has 0 fully saturated rings. The molecule has 0 aliphatic heterocycles. The van der Waals surface area contributed by atoms with Crippen LogP contribution in [0.3, 0.4) is 0 Å². The van der Waals surface area contributed by atoms with Crippen LogP contribution in [-0.2, 0) is 20.0 Å². The molecule has 2 aromatic heterocycles. The topological polar surface area (TPSA) is 56.0 Å². The van der Waals surface area contributed by atoms with Gasteiger partial charge >= 0.3 is 0 Å². The second kappa shape index (κ2) is 6.35. The molecule has 124 valence electrons. The molecule has 1 N–H and O–H groups in total. The highest BCUT2D eigenvalue weighted by atomic mass is 16.2. The van der Waals surface area contributed by atoms with Crippen molar-refractivity contribution in [3.05, 3.63) is 64.2 Å². The number of pyridine rings is 1. The first-order chi connectivity index (χ1) is 11.5. The fraction of sp³-hybridized carbons (Fsp3) is 0.263. The van der Waals surface area contributed by atoms with E-state index in [-0.39, 0.29) is 11.5 Å². The first-order valence-electron chi connectivity index (χ1n) is 8.14. The van der Waals surface area contributed by atoms with Gasteiger partial charge in [0.05, 0.1) is 10.9 Å². The van der Waals surface area contributed by atoms with E-state index in [0.717, 1.165) is 23.2 Å². The predicted octanol–water partition coefficient (Wildman–Crippen LogP) is 3.17. The molecule has 24 heavy (non-hydrogen) atoms. The average Bonchev–Trinajstić information content (AvgIpc) is 2.93. The van der Waals surface area contributed by atoms with Crippen LogP contribution in [0.1, 0.15) is 29.9 Å². The molecule has 0 radical (unpaired) electrons. The lowest BCUT2D eigenvalue weighted by Crippen LogP contribution is -2.17. The number of rotatable bonds is 4. The van der Waals surface area contributed by atoms with Gasteiger partial charge in [0.1, 0.15) is 5.69 Å². The molecule has 0 unspecified atom stereocenters. The van der Waals surface area contributed by atoms with E-state index in [1.165, 1.54) is 0 Å². The molecule has 0 saturated carbocycles. The molecule has 0 saturated heterocycles. The summed E-state index contributed by atoms with van der Waals surface area (Å²) in [7, 11) is 1.80. The van der Waals surface area contributed by atoms with Gasteiger partial charge in [-0.1, -0.05) is 19.1 Å². The minimum atomic E-state index is -0.218. The first-order valence-corrected chi connectivity index (χ1v) is 8.14. The highest BCUT2D eigenvalue weighted by Crippen LogP contribution is 2.18. The molecule has 0 aliphatic rings. The number of hydrogen-bond donors (Lipinski definition) is 1. The van der Waals surface area contributed by atoms with Crippen LogP contribution < -0.4 is 10.9 Å². The van der Waals surface area contributed by atoms with Crippen molar-refractivity contribution in [1.29, 1.82) is 0 Å². The lowest BCUT2D eigenvalue weighted by molar-refractivity contribution is 0.102. The summed E-state index contributed by atoms with van der Waals surface area (Å²) >= 11 is 0. The Morgan fingerprint density at radius 3 is 2.67 bits per heavy atom. The van der Waals surface area contributed by atoms with E-state index >= 15 is 0 Å². The lowest BCUT2D eigenvalue weighted by atomic mass is 10.1. The maximum absolute atomic E-state index is 12.6. The van der Waals surface area contributed by atoms with Gasteiger partial charge in [-0.25, -0.2) is 0 Å². The largest absolute Gasteiger partial charge is 0.339 e. The number of hydrogen-bond acceptors (Lipinski definition) is 2. The standard InChI is InChI=1S/C19H21N3O2/c1-4-13-7-6-8-14(11-13)20-18(23)17-12-15-16(21(17)3)9-10-22(5-2)19(15)24/h6-12H,4-5H2,1-3H3,(H,20,23). The SMILES string of the molecule is CCc1cccc(NC(=O)c2cc3c(=O)n(CC)ccc3n2C)c1. The highest BCUT2D eigenvalue weighted by molar-refractivity contribution is 6.06. The van der Waals surface area contributed by atoms with E-state index in [4.69, 9.17) is 0 Å². The fourth-order valence-electron chi connectivity index (χ4n) is 2.90. The number of nitrogens with one attached hydrogen (secondary N) is 1. The zero-order valence-corrected chi connectivity index (χ0v) is 14.2. The smallest absolute Gasteiger partial charge is 0.272 e. The molecule has 3 aromatic rings. The summed E-state index contributed by atoms with van der Waals surface area (Å²) in [5, 5.41) is 3.48. The molecule has 3 rings (SSSR count). The van der Waals surface area contributed by atoms with Crippen LogP contribution in [0.5, 0.6) is 0 Å². The average molecular weight is 323 g/mol. The van der Waals surface area contributed by atoms with Gasteiger partial charge < -0.3 is 14.5 Å². The van der Waals surface area contributed by atoms with Crippen LogP contribution in [0, 0.1) is 0 Å². The minimum Gasteiger partial charge on any atom is -0.339 e. The Bertz CT molecular complexity index is 966. The molecule has 0 atom stereocenters. The van der Waals surface area contributed by atoms with Crippen LogP contribution in [0.2, 0.25) is 0 Å². The summed E-state index contributed by atoms with van der Waals surface area (Å²) in [6.45, 7) is 4.60. The molecular weight excluding hydrogens is 302 g/mol. The number of aromatic nitrogens is 2. The maximum atomic E-state index is 12.6. The van der Waals surface area contributed by atoms with Crippen molar-refractivity contribution in [2.75, 3.05) is 5.32 Å². The Morgan fingerprint density at radius 2 is 1.96 bits per heavy atom. The van der Waals surface area contributed by atoms with Gasteiger partial charge in [-0.05, 0) is 43.2 Å². The van der Waals surface area contributed by atoms with Gasteiger partial charge in [-0.2, -0.15) is 0 Å². The van der Waals surface area contributed by atoms with Crippen molar-refractivity contribution in [3.8, 4) is 0 Å². The van der Waals surface area contributed by atoms with E-state index in [9.17, 15) is 9.59 Å². The normalized spacial score (nSPS) is 11.0. The van der Waals surface area contributed by atoms with Crippen LogP contribution in [0.15, 0.2) is 47.4 Å². The van der Waals surface area contributed by atoms with Crippen molar-refractivity contribution in [1.82, 2.24) is 9.13 Å². The zero-order chi connectivity index (χ0) is 17.3. The Labute approximate surface area is 140 Å². The van der Waals surface area contributed by atoms with E-state index in [2.05, 4.69) is 12.2 Å². The van der Waals surface area contributed by atoms with E-state index < -0.39 is 0 Å². The van der Waals surface area contributed by atoms with Crippen LogP contribution in [0.4, 0.5) is 5.69 Å². The molecule has 2 heterocycles. The molecule has 0 spiro atoms. The fourth-order valence-corrected chi connectivity index (χ4v) is 2.90. The Kier molecular flexibility index (Phi) is 4.25.